The fraction of sp³-hybridized carbons (Fsp3) is 0.583. The molecule has 1 aromatic heterocycles. The van der Waals surface area contributed by atoms with E-state index < -0.39 is 5.97 Å². The van der Waals surface area contributed by atoms with Crippen molar-refractivity contribution < 1.29 is 14.3 Å². The van der Waals surface area contributed by atoms with Crippen LogP contribution < -0.4 is 5.32 Å². The number of esters is 1. The predicted molar refractivity (Wildman–Crippen MR) is 67.6 cm³/mol. The van der Waals surface area contributed by atoms with Crippen LogP contribution >= 0.6 is 0 Å². The Hall–Kier alpha value is -1.69. The molecule has 0 spiro atoms. The molecule has 0 saturated heterocycles. The molecule has 0 saturated carbocycles. The van der Waals surface area contributed by atoms with Crippen molar-refractivity contribution in [3.05, 3.63) is 18.1 Å². The predicted octanol–water partition coefficient (Wildman–Crippen LogP) is 1.49. The van der Waals surface area contributed by atoms with Gasteiger partial charge in [0, 0.05) is 26.5 Å². The molecule has 6 heteroatoms. The highest BCUT2D eigenvalue weighted by molar-refractivity contribution is 5.94. The smallest absolute Gasteiger partial charge is 0.343 e. The SMILES string of the molecule is COCCCCCNc1ncncc1C(=O)OC. The van der Waals surface area contributed by atoms with Gasteiger partial charge in [-0.3, -0.25) is 0 Å². The first-order valence-electron chi connectivity index (χ1n) is 5.90. The van der Waals surface area contributed by atoms with Crippen LogP contribution in [0.4, 0.5) is 5.82 Å². The maximum absolute atomic E-state index is 11.4. The molecular weight excluding hydrogens is 234 g/mol. The van der Waals surface area contributed by atoms with E-state index in [0.717, 1.165) is 32.4 Å². The molecule has 0 unspecified atom stereocenters. The highest BCUT2D eigenvalue weighted by atomic mass is 16.5. The Morgan fingerprint density at radius 1 is 1.33 bits per heavy atom. The van der Waals surface area contributed by atoms with Gasteiger partial charge in [-0.1, -0.05) is 0 Å². The van der Waals surface area contributed by atoms with E-state index in [2.05, 4.69) is 20.0 Å². The number of methoxy groups -OCH3 is 2. The van der Waals surface area contributed by atoms with Crippen LogP contribution in [0.1, 0.15) is 29.6 Å². The normalized spacial score (nSPS) is 10.1. The second-order valence-corrected chi connectivity index (χ2v) is 3.76. The number of rotatable bonds is 8. The molecule has 0 aliphatic carbocycles. The van der Waals surface area contributed by atoms with Crippen LogP contribution in [0.2, 0.25) is 0 Å². The average Bonchev–Trinajstić information content (AvgIpc) is 2.42. The molecule has 0 atom stereocenters. The third kappa shape index (κ3) is 4.67. The van der Waals surface area contributed by atoms with Crippen LogP contribution in [0.15, 0.2) is 12.5 Å². The van der Waals surface area contributed by atoms with E-state index in [9.17, 15) is 4.79 Å². The van der Waals surface area contributed by atoms with Gasteiger partial charge in [-0.25, -0.2) is 14.8 Å². The van der Waals surface area contributed by atoms with Gasteiger partial charge in [0.15, 0.2) is 0 Å². The van der Waals surface area contributed by atoms with E-state index >= 15 is 0 Å². The molecule has 0 fully saturated rings. The first-order valence-corrected chi connectivity index (χ1v) is 5.90. The van der Waals surface area contributed by atoms with Gasteiger partial charge in [0.1, 0.15) is 17.7 Å². The maximum Gasteiger partial charge on any atom is 0.343 e. The Balaban J connectivity index is 2.39. The van der Waals surface area contributed by atoms with Gasteiger partial charge >= 0.3 is 5.97 Å². The van der Waals surface area contributed by atoms with Crippen molar-refractivity contribution in [3.63, 3.8) is 0 Å². The van der Waals surface area contributed by atoms with Gasteiger partial charge in [-0.2, -0.15) is 0 Å². The molecule has 1 N–H and O–H groups in total. The zero-order valence-corrected chi connectivity index (χ0v) is 10.8. The van der Waals surface area contributed by atoms with E-state index in [-0.39, 0.29) is 0 Å². The Bertz CT molecular complexity index is 371. The number of aromatic nitrogens is 2. The number of nitrogens with one attached hydrogen (secondary N) is 1. The molecule has 0 radical (unpaired) electrons. The van der Waals surface area contributed by atoms with Crippen LogP contribution in [0.3, 0.4) is 0 Å². The monoisotopic (exact) mass is 253 g/mol. The molecular formula is C12H19N3O3. The van der Waals surface area contributed by atoms with Crippen molar-refractivity contribution in [2.45, 2.75) is 19.3 Å². The molecule has 1 aromatic rings. The minimum atomic E-state index is -0.433. The van der Waals surface area contributed by atoms with Gasteiger partial charge in [0.2, 0.25) is 0 Å². The van der Waals surface area contributed by atoms with E-state index in [4.69, 9.17) is 4.74 Å². The van der Waals surface area contributed by atoms with Gasteiger partial charge in [0.05, 0.1) is 7.11 Å². The van der Waals surface area contributed by atoms with Crippen LogP contribution in [0.5, 0.6) is 0 Å². The number of nitrogens with zero attached hydrogens (tertiary/aromatic N) is 2. The minimum Gasteiger partial charge on any atom is -0.465 e. The lowest BCUT2D eigenvalue weighted by atomic mass is 10.2. The summed E-state index contributed by atoms with van der Waals surface area (Å²) in [5.41, 5.74) is 0.358. The van der Waals surface area contributed by atoms with Gasteiger partial charge in [-0.05, 0) is 19.3 Å². The van der Waals surface area contributed by atoms with E-state index in [1.165, 1.54) is 19.6 Å². The van der Waals surface area contributed by atoms with E-state index in [1.54, 1.807) is 7.11 Å². The van der Waals surface area contributed by atoms with Crippen molar-refractivity contribution >= 4 is 11.8 Å². The second kappa shape index (κ2) is 8.41. The largest absolute Gasteiger partial charge is 0.465 e. The van der Waals surface area contributed by atoms with Crippen LogP contribution in [-0.4, -0.2) is 43.3 Å². The molecule has 0 aromatic carbocycles. The lowest BCUT2D eigenvalue weighted by molar-refractivity contribution is 0.0601. The van der Waals surface area contributed by atoms with E-state index in [1.807, 2.05) is 0 Å². The summed E-state index contributed by atoms with van der Waals surface area (Å²) in [7, 11) is 3.03. The lowest BCUT2D eigenvalue weighted by Crippen LogP contribution is -2.11. The number of ether oxygens (including phenoxy) is 2. The standard InChI is InChI=1S/C12H19N3O3/c1-17-7-5-3-4-6-14-11-10(12(16)18-2)8-13-9-15-11/h8-9H,3-7H2,1-2H3,(H,13,14,15). The van der Waals surface area contributed by atoms with Crippen LogP contribution in [0.25, 0.3) is 0 Å². The maximum atomic E-state index is 11.4. The van der Waals surface area contributed by atoms with Gasteiger partial charge in [-0.15, -0.1) is 0 Å². The fourth-order valence-corrected chi connectivity index (χ4v) is 1.48. The van der Waals surface area contributed by atoms with Crippen molar-refractivity contribution in [3.8, 4) is 0 Å². The van der Waals surface area contributed by atoms with Crippen molar-refractivity contribution in [1.29, 1.82) is 0 Å². The Morgan fingerprint density at radius 2 is 2.17 bits per heavy atom. The van der Waals surface area contributed by atoms with Gasteiger partial charge < -0.3 is 14.8 Å². The molecule has 6 nitrogen and oxygen atoms in total. The van der Waals surface area contributed by atoms with Crippen molar-refractivity contribution in [2.75, 3.05) is 32.7 Å². The van der Waals surface area contributed by atoms with E-state index in [0.29, 0.717) is 11.4 Å². The Morgan fingerprint density at radius 3 is 2.89 bits per heavy atom. The number of carbonyl (C=O) groups is 1. The highest BCUT2D eigenvalue weighted by Crippen LogP contribution is 2.11. The second-order valence-electron chi connectivity index (χ2n) is 3.76. The van der Waals surface area contributed by atoms with Crippen LogP contribution in [0, 0.1) is 0 Å². The van der Waals surface area contributed by atoms with Crippen molar-refractivity contribution in [1.82, 2.24) is 9.97 Å². The minimum absolute atomic E-state index is 0.358. The third-order valence-corrected chi connectivity index (χ3v) is 2.44. The lowest BCUT2D eigenvalue weighted by Gasteiger charge is -2.08. The topological polar surface area (TPSA) is 73.3 Å². The number of hydrogen-bond acceptors (Lipinski definition) is 6. The highest BCUT2D eigenvalue weighted by Gasteiger charge is 2.12. The molecule has 18 heavy (non-hydrogen) atoms. The number of anilines is 1. The summed E-state index contributed by atoms with van der Waals surface area (Å²) in [5.74, 6) is 0.0843. The summed E-state index contributed by atoms with van der Waals surface area (Å²) in [5, 5.41) is 3.11. The van der Waals surface area contributed by atoms with Gasteiger partial charge in [0.25, 0.3) is 0 Å². The van der Waals surface area contributed by atoms with Crippen LogP contribution in [-0.2, 0) is 9.47 Å². The summed E-state index contributed by atoms with van der Waals surface area (Å²) in [6.07, 6.45) is 5.95. The summed E-state index contributed by atoms with van der Waals surface area (Å²) < 4.78 is 9.63. The Labute approximate surface area is 107 Å². The molecule has 0 aliphatic rings. The molecule has 100 valence electrons. The summed E-state index contributed by atoms with van der Waals surface area (Å²) in [6, 6.07) is 0. The first kappa shape index (κ1) is 14.4. The quantitative estimate of drug-likeness (QED) is 0.559. The molecule has 1 rings (SSSR count). The fourth-order valence-electron chi connectivity index (χ4n) is 1.48. The Kier molecular flexibility index (Phi) is 6.71. The zero-order valence-electron chi connectivity index (χ0n) is 10.8. The number of hydrogen-bond donors (Lipinski definition) is 1. The average molecular weight is 253 g/mol. The molecule has 0 bridgehead atoms. The summed E-state index contributed by atoms with van der Waals surface area (Å²) >= 11 is 0. The number of unbranched alkanes of at least 4 members (excludes halogenated alkanes) is 2. The molecule has 0 amide bonds. The summed E-state index contributed by atoms with van der Waals surface area (Å²) in [4.78, 5) is 19.3. The molecule has 0 aliphatic heterocycles. The zero-order chi connectivity index (χ0) is 13.2. The third-order valence-electron chi connectivity index (χ3n) is 2.44. The summed E-state index contributed by atoms with van der Waals surface area (Å²) in [6.45, 7) is 1.53. The van der Waals surface area contributed by atoms with Crippen molar-refractivity contribution in [2.24, 2.45) is 0 Å². The number of carbonyl (C=O) groups excluding carboxylic acids is 1. The molecule has 1 heterocycles. The first-order chi connectivity index (χ1) is 8.79.